The number of rotatable bonds is 5. The Bertz CT molecular complexity index is 1220. The van der Waals surface area contributed by atoms with Gasteiger partial charge in [0.2, 0.25) is 5.95 Å². The molecule has 34 heavy (non-hydrogen) atoms. The first-order valence-electron chi connectivity index (χ1n) is 11.9. The van der Waals surface area contributed by atoms with Gasteiger partial charge in [-0.2, -0.15) is 10.1 Å². The van der Waals surface area contributed by atoms with E-state index in [-0.39, 0.29) is 17.9 Å². The number of hydrogen-bond acceptors (Lipinski definition) is 8. The van der Waals surface area contributed by atoms with E-state index in [0.29, 0.717) is 5.95 Å². The summed E-state index contributed by atoms with van der Waals surface area (Å²) in [7, 11) is 5.29. The molecule has 0 amide bonds. The number of fused-ring (bicyclic) bond motifs is 2. The molecule has 1 fully saturated rings. The van der Waals surface area contributed by atoms with Gasteiger partial charge >= 0.3 is 5.97 Å². The molecule has 0 unspecified atom stereocenters. The first-order chi connectivity index (χ1) is 16.5. The Morgan fingerprint density at radius 2 is 1.94 bits per heavy atom. The minimum Gasteiger partial charge on any atom is -0.495 e. The number of hydrogen-bond donors (Lipinski definition) is 1. The fourth-order valence-corrected chi connectivity index (χ4v) is 5.22. The zero-order valence-corrected chi connectivity index (χ0v) is 20.3. The van der Waals surface area contributed by atoms with E-state index in [1.165, 1.54) is 18.2 Å². The standard InChI is InChI=1S/C25H32N6O3/c1-15-20-13-26-25(27-21-11-18-14-30(2)10-9-17(18)12-22(21)33-3)28-23(20)31(29-15)19-7-5-16(6-8-19)24(32)34-4/h11-13,16,19H,5-10,14H2,1-4H3,(H,26,27,28). The smallest absolute Gasteiger partial charge is 0.308 e. The van der Waals surface area contributed by atoms with Crippen molar-refractivity contribution >= 4 is 28.6 Å². The molecule has 3 aromatic rings. The van der Waals surface area contributed by atoms with Gasteiger partial charge in [0, 0.05) is 19.3 Å². The maximum absolute atomic E-state index is 11.9. The van der Waals surface area contributed by atoms with Crippen molar-refractivity contribution in [3.05, 3.63) is 35.2 Å². The van der Waals surface area contributed by atoms with Crippen molar-refractivity contribution in [1.82, 2.24) is 24.6 Å². The quantitative estimate of drug-likeness (QED) is 0.570. The third-order valence-corrected chi connectivity index (χ3v) is 7.18. The molecule has 0 atom stereocenters. The van der Waals surface area contributed by atoms with Crippen LogP contribution in [0.25, 0.3) is 11.0 Å². The Kier molecular flexibility index (Phi) is 6.12. The van der Waals surface area contributed by atoms with Crippen LogP contribution in [0.4, 0.5) is 11.6 Å². The molecule has 1 saturated carbocycles. The number of carbonyl (C=O) groups excluding carboxylic acids is 1. The van der Waals surface area contributed by atoms with Crippen molar-refractivity contribution in [2.24, 2.45) is 5.92 Å². The first-order valence-corrected chi connectivity index (χ1v) is 11.9. The number of anilines is 2. The maximum Gasteiger partial charge on any atom is 0.308 e. The highest BCUT2D eigenvalue weighted by atomic mass is 16.5. The van der Waals surface area contributed by atoms with Gasteiger partial charge in [0.15, 0.2) is 5.65 Å². The van der Waals surface area contributed by atoms with Crippen LogP contribution < -0.4 is 10.1 Å². The van der Waals surface area contributed by atoms with Crippen LogP contribution in [0.5, 0.6) is 5.75 Å². The molecule has 2 aliphatic rings. The van der Waals surface area contributed by atoms with E-state index in [1.807, 2.05) is 17.8 Å². The molecule has 1 aliphatic carbocycles. The summed E-state index contributed by atoms with van der Waals surface area (Å²) in [6.45, 7) is 3.94. The molecule has 9 nitrogen and oxygen atoms in total. The molecule has 0 spiro atoms. The number of esters is 1. The van der Waals surface area contributed by atoms with Gasteiger partial charge in [-0.3, -0.25) is 4.79 Å². The topological polar surface area (TPSA) is 94.4 Å². The van der Waals surface area contributed by atoms with Crippen molar-refractivity contribution in [3.8, 4) is 5.75 Å². The molecule has 0 radical (unpaired) electrons. The highest BCUT2D eigenvalue weighted by Crippen LogP contribution is 2.36. The van der Waals surface area contributed by atoms with Gasteiger partial charge in [-0.05, 0) is 69.3 Å². The first kappa shape index (κ1) is 22.6. The average molecular weight is 465 g/mol. The summed E-state index contributed by atoms with van der Waals surface area (Å²) >= 11 is 0. The Morgan fingerprint density at radius 3 is 2.68 bits per heavy atom. The summed E-state index contributed by atoms with van der Waals surface area (Å²) in [5.74, 6) is 1.17. The van der Waals surface area contributed by atoms with E-state index in [1.54, 1.807) is 7.11 Å². The fourth-order valence-electron chi connectivity index (χ4n) is 5.22. The van der Waals surface area contributed by atoms with Crippen LogP contribution in [-0.2, 0) is 22.5 Å². The van der Waals surface area contributed by atoms with E-state index < -0.39 is 0 Å². The van der Waals surface area contributed by atoms with E-state index in [9.17, 15) is 4.79 Å². The fraction of sp³-hybridized carbons (Fsp3) is 0.520. The van der Waals surface area contributed by atoms with Gasteiger partial charge in [0.25, 0.3) is 0 Å². The number of nitrogens with zero attached hydrogens (tertiary/aromatic N) is 5. The van der Waals surface area contributed by atoms with Crippen LogP contribution in [0.1, 0.15) is 48.5 Å². The molecule has 5 rings (SSSR count). The molecule has 0 bridgehead atoms. The van der Waals surface area contributed by atoms with Crippen LogP contribution in [0.2, 0.25) is 0 Å². The molecule has 2 aromatic heterocycles. The van der Waals surface area contributed by atoms with Gasteiger partial charge < -0.3 is 19.7 Å². The second-order valence-corrected chi connectivity index (χ2v) is 9.42. The Balaban J connectivity index is 1.43. The van der Waals surface area contributed by atoms with Crippen molar-refractivity contribution in [3.63, 3.8) is 0 Å². The lowest BCUT2D eigenvalue weighted by molar-refractivity contribution is -0.146. The lowest BCUT2D eigenvalue weighted by Gasteiger charge is -2.27. The van der Waals surface area contributed by atoms with E-state index in [0.717, 1.165) is 73.4 Å². The Labute approximate surface area is 199 Å². The van der Waals surface area contributed by atoms with Crippen LogP contribution in [-0.4, -0.2) is 58.4 Å². The van der Waals surface area contributed by atoms with E-state index in [4.69, 9.17) is 19.6 Å². The van der Waals surface area contributed by atoms with Crippen LogP contribution >= 0.6 is 0 Å². The number of methoxy groups -OCH3 is 2. The largest absolute Gasteiger partial charge is 0.495 e. The second-order valence-electron chi connectivity index (χ2n) is 9.42. The molecule has 1 N–H and O–H groups in total. The average Bonchev–Trinajstić information content (AvgIpc) is 3.18. The molecule has 3 heterocycles. The highest BCUT2D eigenvalue weighted by molar-refractivity contribution is 5.79. The number of benzene rings is 1. The lowest BCUT2D eigenvalue weighted by Crippen LogP contribution is -2.26. The van der Waals surface area contributed by atoms with Crippen molar-refractivity contribution in [2.45, 2.75) is 51.6 Å². The Hall–Kier alpha value is -3.20. The second kappa shape index (κ2) is 9.21. The van der Waals surface area contributed by atoms with Gasteiger partial charge in [-0.1, -0.05) is 0 Å². The van der Waals surface area contributed by atoms with Crippen LogP contribution in [0.15, 0.2) is 18.3 Å². The normalized spacial score (nSPS) is 20.7. The maximum atomic E-state index is 11.9. The SMILES string of the molecule is COC(=O)C1CCC(n2nc(C)c3cnc(Nc4cc5c(cc4OC)CCN(C)C5)nc32)CC1. The summed E-state index contributed by atoms with van der Waals surface area (Å²) in [6, 6.07) is 4.47. The lowest BCUT2D eigenvalue weighted by atomic mass is 9.86. The van der Waals surface area contributed by atoms with Crippen molar-refractivity contribution in [1.29, 1.82) is 0 Å². The molecule has 180 valence electrons. The minimum atomic E-state index is -0.112. The number of carbonyl (C=O) groups is 1. The molecular weight excluding hydrogens is 432 g/mol. The van der Waals surface area contributed by atoms with Gasteiger partial charge in [-0.25, -0.2) is 9.67 Å². The van der Waals surface area contributed by atoms with Crippen molar-refractivity contribution in [2.75, 3.05) is 33.1 Å². The molecular formula is C25H32N6O3. The Morgan fingerprint density at radius 1 is 1.15 bits per heavy atom. The molecule has 1 aliphatic heterocycles. The summed E-state index contributed by atoms with van der Waals surface area (Å²) in [5.41, 5.74) is 5.20. The predicted molar refractivity (Wildman–Crippen MR) is 129 cm³/mol. The summed E-state index contributed by atoms with van der Waals surface area (Å²) in [6.07, 6.45) is 6.19. The number of ether oxygens (including phenoxy) is 2. The number of aryl methyl sites for hydroxylation is 1. The van der Waals surface area contributed by atoms with Crippen LogP contribution in [0.3, 0.4) is 0 Å². The molecule has 0 saturated heterocycles. The summed E-state index contributed by atoms with van der Waals surface area (Å²) < 4.78 is 12.6. The summed E-state index contributed by atoms with van der Waals surface area (Å²) in [4.78, 5) is 23.7. The van der Waals surface area contributed by atoms with E-state index >= 15 is 0 Å². The third kappa shape index (κ3) is 4.20. The van der Waals surface area contributed by atoms with Gasteiger partial charge in [0.1, 0.15) is 5.75 Å². The van der Waals surface area contributed by atoms with Gasteiger partial charge in [0.05, 0.1) is 42.9 Å². The zero-order valence-electron chi connectivity index (χ0n) is 20.3. The van der Waals surface area contributed by atoms with Crippen LogP contribution in [0, 0.1) is 12.8 Å². The number of nitrogens with one attached hydrogen (secondary N) is 1. The zero-order chi connectivity index (χ0) is 23.8. The summed E-state index contributed by atoms with van der Waals surface area (Å²) in [5, 5.41) is 9.12. The highest BCUT2D eigenvalue weighted by Gasteiger charge is 2.29. The van der Waals surface area contributed by atoms with Gasteiger partial charge in [-0.15, -0.1) is 0 Å². The number of aromatic nitrogens is 4. The minimum absolute atomic E-state index is 0.0217. The van der Waals surface area contributed by atoms with Crippen molar-refractivity contribution < 1.29 is 14.3 Å². The molecule has 1 aromatic carbocycles. The molecule has 9 heteroatoms. The number of likely N-dealkylation sites (N-methyl/N-ethyl adjacent to an activating group) is 1. The third-order valence-electron chi connectivity index (χ3n) is 7.18. The monoisotopic (exact) mass is 464 g/mol. The van der Waals surface area contributed by atoms with E-state index in [2.05, 4.69) is 34.4 Å². The predicted octanol–water partition coefficient (Wildman–Crippen LogP) is 3.78.